The summed E-state index contributed by atoms with van der Waals surface area (Å²) >= 11 is 6.66. The predicted octanol–water partition coefficient (Wildman–Crippen LogP) is 3.84. The van der Waals surface area contributed by atoms with Gasteiger partial charge >= 0.3 is 0 Å². The van der Waals surface area contributed by atoms with E-state index in [9.17, 15) is 4.79 Å². The average molecular weight is 321 g/mol. The third kappa shape index (κ3) is 3.53. The van der Waals surface area contributed by atoms with Crippen molar-refractivity contribution in [3.05, 3.63) is 64.9 Å². The first kappa shape index (κ1) is 13.9. The van der Waals surface area contributed by atoms with Crippen molar-refractivity contribution in [3.8, 4) is 0 Å². The van der Waals surface area contributed by atoms with Crippen LogP contribution in [0.3, 0.4) is 0 Å². The van der Waals surface area contributed by atoms with E-state index < -0.39 is 0 Å². The molecule has 0 bridgehead atoms. The Kier molecular flexibility index (Phi) is 4.08. The zero-order chi connectivity index (χ0) is 14.7. The third-order valence-corrected chi connectivity index (χ3v) is 3.60. The first-order chi connectivity index (χ1) is 10.2. The molecule has 0 atom stereocenters. The molecule has 2 heterocycles. The Morgan fingerprint density at radius 3 is 2.71 bits per heavy atom. The molecule has 0 fully saturated rings. The Morgan fingerprint density at radius 1 is 1.19 bits per heavy atom. The number of thioether (sulfide) groups is 1. The highest BCUT2D eigenvalue weighted by atomic mass is 35.5. The maximum Gasteiger partial charge on any atom is 0.284 e. The molecule has 0 aliphatic heterocycles. The SMILES string of the molecule is O=C(Sc1nnc(Cc2ccc(Cl)cc2)o1)c1ccco1. The van der Waals surface area contributed by atoms with Crippen LogP contribution in [-0.4, -0.2) is 15.3 Å². The summed E-state index contributed by atoms with van der Waals surface area (Å²) in [5, 5.41) is 8.34. The van der Waals surface area contributed by atoms with Crippen LogP contribution in [-0.2, 0) is 6.42 Å². The third-order valence-electron chi connectivity index (χ3n) is 2.62. The molecule has 0 N–H and O–H groups in total. The van der Waals surface area contributed by atoms with Gasteiger partial charge in [-0.1, -0.05) is 23.7 Å². The zero-order valence-corrected chi connectivity index (χ0v) is 12.2. The van der Waals surface area contributed by atoms with Crippen molar-refractivity contribution < 1.29 is 13.6 Å². The van der Waals surface area contributed by atoms with Crippen molar-refractivity contribution in [3.63, 3.8) is 0 Å². The second-order valence-corrected chi connectivity index (χ2v) is 5.49. The van der Waals surface area contributed by atoms with E-state index in [1.807, 2.05) is 12.1 Å². The smallest absolute Gasteiger partial charge is 0.284 e. The van der Waals surface area contributed by atoms with Crippen molar-refractivity contribution in [1.82, 2.24) is 10.2 Å². The van der Waals surface area contributed by atoms with Crippen LogP contribution in [0.2, 0.25) is 5.02 Å². The van der Waals surface area contributed by atoms with E-state index in [1.54, 1.807) is 24.3 Å². The van der Waals surface area contributed by atoms with Crippen LogP contribution < -0.4 is 0 Å². The second-order valence-electron chi connectivity index (χ2n) is 4.13. The molecule has 0 radical (unpaired) electrons. The molecule has 0 aliphatic carbocycles. The number of halogens is 1. The first-order valence-electron chi connectivity index (χ1n) is 6.03. The van der Waals surface area contributed by atoms with E-state index >= 15 is 0 Å². The van der Waals surface area contributed by atoms with E-state index in [1.165, 1.54) is 6.26 Å². The summed E-state index contributed by atoms with van der Waals surface area (Å²) in [6, 6.07) is 10.6. The Morgan fingerprint density at radius 2 is 2.00 bits per heavy atom. The molecule has 21 heavy (non-hydrogen) atoms. The fraction of sp³-hybridized carbons (Fsp3) is 0.0714. The van der Waals surface area contributed by atoms with Crippen LogP contribution in [0, 0.1) is 0 Å². The minimum Gasteiger partial charge on any atom is -0.460 e. The normalized spacial score (nSPS) is 10.7. The highest BCUT2D eigenvalue weighted by Crippen LogP contribution is 2.22. The van der Waals surface area contributed by atoms with Gasteiger partial charge in [0.2, 0.25) is 5.89 Å². The summed E-state index contributed by atoms with van der Waals surface area (Å²) in [6.45, 7) is 0. The fourth-order valence-electron chi connectivity index (χ4n) is 1.65. The molecular formula is C14H9ClN2O3S. The van der Waals surface area contributed by atoms with Gasteiger partial charge in [-0.05, 0) is 29.8 Å². The van der Waals surface area contributed by atoms with Gasteiger partial charge in [-0.15, -0.1) is 10.2 Å². The lowest BCUT2D eigenvalue weighted by Crippen LogP contribution is -1.89. The summed E-state index contributed by atoms with van der Waals surface area (Å²) in [7, 11) is 0. The molecule has 2 aromatic heterocycles. The molecule has 7 heteroatoms. The highest BCUT2D eigenvalue weighted by Gasteiger charge is 2.16. The molecule has 0 amide bonds. The van der Waals surface area contributed by atoms with Crippen molar-refractivity contribution >= 4 is 28.5 Å². The van der Waals surface area contributed by atoms with Crippen LogP contribution in [0.15, 0.2) is 56.7 Å². The maximum absolute atomic E-state index is 11.8. The standard InChI is InChI=1S/C14H9ClN2O3S/c15-10-5-3-9(4-6-10)8-12-16-17-14(20-12)21-13(18)11-2-1-7-19-11/h1-7H,8H2. The maximum atomic E-state index is 11.8. The number of aromatic nitrogens is 2. The molecule has 5 nitrogen and oxygen atoms in total. The van der Waals surface area contributed by atoms with Crippen molar-refractivity contribution in [2.75, 3.05) is 0 Å². The first-order valence-corrected chi connectivity index (χ1v) is 7.22. The number of hydrogen-bond donors (Lipinski definition) is 0. The van der Waals surface area contributed by atoms with Gasteiger partial charge in [-0.3, -0.25) is 4.79 Å². The summed E-state index contributed by atoms with van der Waals surface area (Å²) < 4.78 is 10.4. The molecule has 0 unspecified atom stereocenters. The predicted molar refractivity (Wildman–Crippen MR) is 77.5 cm³/mol. The van der Waals surface area contributed by atoms with Crippen LogP contribution in [0.25, 0.3) is 0 Å². The lowest BCUT2D eigenvalue weighted by molar-refractivity contribution is 0.106. The van der Waals surface area contributed by atoms with Crippen LogP contribution in [0.4, 0.5) is 0 Å². The van der Waals surface area contributed by atoms with Gasteiger partial charge in [-0.25, -0.2) is 0 Å². The molecular weight excluding hydrogens is 312 g/mol. The lowest BCUT2D eigenvalue weighted by Gasteiger charge is -1.96. The fourth-order valence-corrected chi connectivity index (χ4v) is 2.37. The molecule has 3 aromatic rings. The highest BCUT2D eigenvalue weighted by molar-refractivity contribution is 8.13. The van der Waals surface area contributed by atoms with E-state index in [4.69, 9.17) is 20.4 Å². The summed E-state index contributed by atoms with van der Waals surface area (Å²) in [6.07, 6.45) is 1.92. The van der Waals surface area contributed by atoms with Crippen molar-refractivity contribution in [2.45, 2.75) is 11.6 Å². The lowest BCUT2D eigenvalue weighted by atomic mass is 10.1. The van der Waals surface area contributed by atoms with Crippen LogP contribution in [0.5, 0.6) is 0 Å². The molecule has 3 rings (SSSR count). The molecule has 0 saturated carbocycles. The Labute approximate surface area is 129 Å². The average Bonchev–Trinajstić information content (AvgIpc) is 3.13. The van der Waals surface area contributed by atoms with Gasteiger partial charge in [0.1, 0.15) is 0 Å². The molecule has 1 aromatic carbocycles. The number of furan rings is 1. The second kappa shape index (κ2) is 6.15. The minimum absolute atomic E-state index is 0.195. The van der Waals surface area contributed by atoms with Gasteiger partial charge in [0.25, 0.3) is 10.3 Å². The Hall–Kier alpha value is -2.05. The summed E-state index contributed by atoms with van der Waals surface area (Å²) in [4.78, 5) is 11.8. The number of rotatable bonds is 4. The van der Waals surface area contributed by atoms with E-state index in [0.717, 1.165) is 17.3 Å². The summed E-state index contributed by atoms with van der Waals surface area (Å²) in [5.74, 6) is 0.685. The monoisotopic (exact) mass is 320 g/mol. The Balaban J connectivity index is 1.66. The van der Waals surface area contributed by atoms with Crippen molar-refractivity contribution in [2.24, 2.45) is 0 Å². The number of benzene rings is 1. The quantitative estimate of drug-likeness (QED) is 0.680. The minimum atomic E-state index is -0.276. The van der Waals surface area contributed by atoms with Gasteiger partial charge in [0.05, 0.1) is 12.7 Å². The largest absolute Gasteiger partial charge is 0.460 e. The molecule has 0 spiro atoms. The van der Waals surface area contributed by atoms with Gasteiger partial charge in [0, 0.05) is 16.8 Å². The molecule has 0 aliphatic rings. The van der Waals surface area contributed by atoms with Crippen LogP contribution in [0.1, 0.15) is 22.0 Å². The Bertz CT molecular complexity index is 738. The van der Waals surface area contributed by atoms with Gasteiger partial charge in [-0.2, -0.15) is 0 Å². The van der Waals surface area contributed by atoms with Gasteiger partial charge in [0.15, 0.2) is 5.76 Å². The summed E-state index contributed by atoms with van der Waals surface area (Å²) in [5.41, 5.74) is 0.997. The van der Waals surface area contributed by atoms with Crippen LogP contribution >= 0.6 is 23.4 Å². The number of nitrogens with zero attached hydrogens (tertiary/aromatic N) is 2. The van der Waals surface area contributed by atoms with E-state index in [2.05, 4.69) is 10.2 Å². The van der Waals surface area contributed by atoms with E-state index in [0.29, 0.717) is 17.3 Å². The topological polar surface area (TPSA) is 69.1 Å². The molecule has 0 saturated heterocycles. The zero-order valence-electron chi connectivity index (χ0n) is 10.7. The number of carbonyl (C=O) groups excluding carboxylic acids is 1. The number of hydrogen-bond acceptors (Lipinski definition) is 6. The van der Waals surface area contributed by atoms with Crippen molar-refractivity contribution in [1.29, 1.82) is 0 Å². The number of carbonyl (C=O) groups is 1. The molecule has 106 valence electrons. The van der Waals surface area contributed by atoms with E-state index in [-0.39, 0.29) is 16.1 Å². The van der Waals surface area contributed by atoms with Gasteiger partial charge < -0.3 is 8.83 Å².